The summed E-state index contributed by atoms with van der Waals surface area (Å²) in [4.78, 5) is 20.8. The van der Waals surface area contributed by atoms with E-state index in [1.165, 1.54) is 17.1 Å². The third-order valence-electron chi connectivity index (χ3n) is 3.73. The Morgan fingerprint density at radius 3 is 2.64 bits per heavy atom. The lowest BCUT2D eigenvalue weighted by Gasteiger charge is -2.15. The van der Waals surface area contributed by atoms with Gasteiger partial charge in [-0.05, 0) is 53.2 Å². The molecule has 11 heteroatoms. The summed E-state index contributed by atoms with van der Waals surface area (Å²) in [6, 6.07) is 5.48. The molecule has 1 atom stereocenters. The van der Waals surface area contributed by atoms with Crippen molar-refractivity contribution < 1.29 is 18.0 Å². The number of benzene rings is 1. The summed E-state index contributed by atoms with van der Waals surface area (Å²) in [5.74, 6) is 0.110. The van der Waals surface area contributed by atoms with Gasteiger partial charge in [0.25, 0.3) is 5.91 Å². The Morgan fingerprint density at radius 1 is 1.25 bits per heavy atom. The SMILES string of the molecule is C[C@H](NC(=O)c1cc(Cl)cc(C(F)(F)F)c1)c1ncnn1-c1ccc(Br)cn1. The summed E-state index contributed by atoms with van der Waals surface area (Å²) >= 11 is 9.02. The van der Waals surface area contributed by atoms with E-state index < -0.39 is 23.7 Å². The highest BCUT2D eigenvalue weighted by molar-refractivity contribution is 9.10. The molecular formula is C17H12BrClF3N5O. The zero-order valence-corrected chi connectivity index (χ0v) is 16.5. The molecule has 1 amide bonds. The number of rotatable bonds is 4. The zero-order chi connectivity index (χ0) is 20.5. The first-order chi connectivity index (χ1) is 13.1. The second kappa shape index (κ2) is 7.88. The van der Waals surface area contributed by atoms with E-state index in [4.69, 9.17) is 11.6 Å². The number of carbonyl (C=O) groups is 1. The van der Waals surface area contributed by atoms with E-state index >= 15 is 0 Å². The van der Waals surface area contributed by atoms with Crippen molar-refractivity contribution in [2.24, 2.45) is 0 Å². The van der Waals surface area contributed by atoms with E-state index in [1.807, 2.05) is 0 Å². The van der Waals surface area contributed by atoms with Crippen LogP contribution in [0.4, 0.5) is 13.2 Å². The molecule has 146 valence electrons. The molecule has 3 aromatic rings. The summed E-state index contributed by atoms with van der Waals surface area (Å²) in [5, 5.41) is 6.50. The molecule has 2 aromatic heterocycles. The molecule has 0 saturated heterocycles. The zero-order valence-electron chi connectivity index (χ0n) is 14.2. The summed E-state index contributed by atoms with van der Waals surface area (Å²) in [7, 11) is 0. The van der Waals surface area contributed by atoms with Crippen molar-refractivity contribution in [3.8, 4) is 5.82 Å². The van der Waals surface area contributed by atoms with Gasteiger partial charge in [0.1, 0.15) is 6.33 Å². The number of hydrogen-bond acceptors (Lipinski definition) is 4. The van der Waals surface area contributed by atoms with Gasteiger partial charge in [0, 0.05) is 21.3 Å². The molecule has 0 unspecified atom stereocenters. The predicted octanol–water partition coefficient (Wildman–Crippen LogP) is 4.59. The third kappa shape index (κ3) is 4.50. The number of nitrogens with one attached hydrogen (secondary N) is 1. The van der Waals surface area contributed by atoms with Gasteiger partial charge in [-0.15, -0.1) is 0 Å². The molecule has 1 aromatic carbocycles. The number of aromatic nitrogens is 4. The fraction of sp³-hybridized carbons (Fsp3) is 0.176. The normalized spacial score (nSPS) is 12.6. The van der Waals surface area contributed by atoms with Crippen LogP contribution in [0.5, 0.6) is 0 Å². The first-order valence-electron chi connectivity index (χ1n) is 7.85. The molecule has 0 spiro atoms. The minimum atomic E-state index is -4.61. The van der Waals surface area contributed by atoms with E-state index in [9.17, 15) is 18.0 Å². The number of halogens is 5. The van der Waals surface area contributed by atoms with Gasteiger partial charge in [0.2, 0.25) is 0 Å². The smallest absolute Gasteiger partial charge is 0.342 e. The number of amides is 1. The predicted molar refractivity (Wildman–Crippen MR) is 99.2 cm³/mol. The third-order valence-corrected chi connectivity index (χ3v) is 4.41. The van der Waals surface area contributed by atoms with Crippen molar-refractivity contribution in [2.75, 3.05) is 0 Å². The standard InChI is InChI=1S/C17H12BrClF3N5O/c1-9(15-24-8-25-27(15)14-3-2-12(18)7-23-14)26-16(28)10-4-11(17(20,21)22)6-13(19)5-10/h2-9H,1H3,(H,26,28)/t9-/m0/s1. The minimum absolute atomic E-state index is 0.185. The van der Waals surface area contributed by atoms with E-state index in [0.29, 0.717) is 11.6 Å². The van der Waals surface area contributed by atoms with Crippen LogP contribution in [0.2, 0.25) is 5.02 Å². The van der Waals surface area contributed by atoms with Crippen molar-refractivity contribution in [3.05, 3.63) is 69.3 Å². The number of hydrogen-bond donors (Lipinski definition) is 1. The highest BCUT2D eigenvalue weighted by Gasteiger charge is 2.32. The molecule has 3 rings (SSSR count). The minimum Gasteiger partial charge on any atom is -0.342 e. The maximum absolute atomic E-state index is 12.9. The molecular weight excluding hydrogens is 463 g/mol. The highest BCUT2D eigenvalue weighted by Crippen LogP contribution is 2.32. The van der Waals surface area contributed by atoms with Crippen molar-refractivity contribution in [1.29, 1.82) is 0 Å². The average Bonchev–Trinajstić information content (AvgIpc) is 3.11. The van der Waals surface area contributed by atoms with Crippen molar-refractivity contribution in [3.63, 3.8) is 0 Å². The van der Waals surface area contributed by atoms with Crippen LogP contribution < -0.4 is 5.32 Å². The number of nitrogens with zero attached hydrogens (tertiary/aromatic N) is 4. The monoisotopic (exact) mass is 473 g/mol. The maximum atomic E-state index is 12.9. The van der Waals surface area contributed by atoms with Crippen LogP contribution in [0.25, 0.3) is 5.82 Å². The Balaban J connectivity index is 1.84. The fourth-order valence-corrected chi connectivity index (χ4v) is 2.91. The molecule has 28 heavy (non-hydrogen) atoms. The molecule has 0 fully saturated rings. The van der Waals surface area contributed by atoms with Crippen molar-refractivity contribution in [1.82, 2.24) is 25.1 Å². The first-order valence-corrected chi connectivity index (χ1v) is 9.03. The van der Waals surface area contributed by atoms with Gasteiger partial charge in [-0.25, -0.2) is 9.97 Å². The molecule has 2 heterocycles. The lowest BCUT2D eigenvalue weighted by molar-refractivity contribution is -0.137. The summed E-state index contributed by atoms with van der Waals surface area (Å²) in [6.45, 7) is 1.63. The van der Waals surface area contributed by atoms with Gasteiger partial charge in [0.05, 0.1) is 11.6 Å². The van der Waals surface area contributed by atoms with E-state index in [1.54, 1.807) is 25.3 Å². The molecule has 0 saturated carbocycles. The maximum Gasteiger partial charge on any atom is 0.416 e. The number of carbonyl (C=O) groups excluding carboxylic acids is 1. The van der Waals surface area contributed by atoms with Gasteiger partial charge in [0.15, 0.2) is 11.6 Å². The van der Waals surface area contributed by atoms with Crippen LogP contribution in [0, 0.1) is 0 Å². The summed E-state index contributed by atoms with van der Waals surface area (Å²) in [5.41, 5.74) is -1.21. The van der Waals surface area contributed by atoms with Crippen LogP contribution in [-0.2, 0) is 6.18 Å². The number of pyridine rings is 1. The first kappa shape index (κ1) is 20.3. The Morgan fingerprint density at radius 2 is 2.00 bits per heavy atom. The van der Waals surface area contributed by atoms with Gasteiger partial charge in [-0.1, -0.05) is 11.6 Å². The Bertz CT molecular complexity index is 1010. The van der Waals surface area contributed by atoms with Crippen molar-refractivity contribution >= 4 is 33.4 Å². The van der Waals surface area contributed by atoms with Gasteiger partial charge in [-0.2, -0.15) is 23.0 Å². The van der Waals surface area contributed by atoms with Crippen LogP contribution in [-0.4, -0.2) is 25.7 Å². The molecule has 0 aliphatic heterocycles. The summed E-state index contributed by atoms with van der Waals surface area (Å²) < 4.78 is 41.0. The van der Waals surface area contributed by atoms with Crippen LogP contribution >= 0.6 is 27.5 Å². The van der Waals surface area contributed by atoms with Crippen LogP contribution in [0.15, 0.2) is 47.3 Å². The summed E-state index contributed by atoms with van der Waals surface area (Å²) in [6.07, 6.45) is -1.74. The molecule has 0 aliphatic carbocycles. The van der Waals surface area contributed by atoms with Crippen LogP contribution in [0.3, 0.4) is 0 Å². The Labute approximate surface area is 170 Å². The van der Waals surface area contributed by atoms with Gasteiger partial charge in [-0.3, -0.25) is 4.79 Å². The fourth-order valence-electron chi connectivity index (χ4n) is 2.44. The van der Waals surface area contributed by atoms with E-state index in [0.717, 1.165) is 16.6 Å². The second-order valence-electron chi connectivity index (χ2n) is 5.79. The largest absolute Gasteiger partial charge is 0.416 e. The van der Waals surface area contributed by atoms with E-state index in [-0.39, 0.29) is 10.6 Å². The quantitative estimate of drug-likeness (QED) is 0.600. The van der Waals surface area contributed by atoms with E-state index in [2.05, 4.69) is 36.3 Å². The number of alkyl halides is 3. The van der Waals surface area contributed by atoms with Gasteiger partial charge < -0.3 is 5.32 Å². The molecule has 0 bridgehead atoms. The lowest BCUT2D eigenvalue weighted by atomic mass is 10.1. The molecule has 0 aliphatic rings. The average molecular weight is 475 g/mol. The van der Waals surface area contributed by atoms with Crippen molar-refractivity contribution in [2.45, 2.75) is 19.1 Å². The lowest BCUT2D eigenvalue weighted by Crippen LogP contribution is -2.29. The highest BCUT2D eigenvalue weighted by atomic mass is 79.9. The molecule has 1 N–H and O–H groups in total. The topological polar surface area (TPSA) is 72.7 Å². The Kier molecular flexibility index (Phi) is 5.71. The van der Waals surface area contributed by atoms with Gasteiger partial charge >= 0.3 is 6.18 Å². The molecule has 6 nitrogen and oxygen atoms in total. The Hall–Kier alpha value is -2.46. The van der Waals surface area contributed by atoms with Crippen LogP contribution in [0.1, 0.15) is 34.7 Å². The molecule has 0 radical (unpaired) electrons. The second-order valence-corrected chi connectivity index (χ2v) is 7.14.